The van der Waals surface area contributed by atoms with Gasteiger partial charge in [0, 0.05) is 47.9 Å². The number of benzene rings is 2. The van der Waals surface area contributed by atoms with Crippen molar-refractivity contribution < 1.29 is 32.8 Å². The van der Waals surface area contributed by atoms with Crippen LogP contribution < -0.4 is 9.64 Å². The summed E-state index contributed by atoms with van der Waals surface area (Å²) in [6.07, 6.45) is 1.89. The highest BCUT2D eigenvalue weighted by Gasteiger charge is 2.25. The molecule has 0 N–H and O–H groups in total. The molecule has 0 radical (unpaired) electrons. The van der Waals surface area contributed by atoms with Crippen LogP contribution in [0.1, 0.15) is 44.9 Å². The molecule has 0 spiro atoms. The van der Waals surface area contributed by atoms with Crippen molar-refractivity contribution in [3.63, 3.8) is 0 Å². The molecule has 1 aliphatic rings. The van der Waals surface area contributed by atoms with Crippen LogP contribution in [0.3, 0.4) is 0 Å². The number of anilines is 1. The Morgan fingerprint density at radius 1 is 1.03 bits per heavy atom. The molecule has 0 unspecified atom stereocenters. The van der Waals surface area contributed by atoms with E-state index in [9.17, 15) is 28.5 Å². The maximum absolute atomic E-state index is 13.0. The number of nitrogens with zero attached hydrogens (tertiary/aromatic N) is 3. The number of rotatable bonds is 9. The van der Waals surface area contributed by atoms with Gasteiger partial charge in [0.05, 0.1) is 16.2 Å². The van der Waals surface area contributed by atoms with Crippen molar-refractivity contribution >= 4 is 23.1 Å². The third kappa shape index (κ3) is 5.60. The number of hydrogen-bond donors (Lipinski definition) is 0. The van der Waals surface area contributed by atoms with Gasteiger partial charge in [0.25, 0.3) is 5.69 Å². The first-order chi connectivity index (χ1) is 17.7. The molecule has 1 aliphatic heterocycles. The van der Waals surface area contributed by atoms with E-state index in [4.69, 9.17) is 4.74 Å². The average Bonchev–Trinajstić information content (AvgIpc) is 3.50. The van der Waals surface area contributed by atoms with Crippen LogP contribution in [0.15, 0.2) is 48.5 Å². The number of alkyl halides is 2. The molecular weight excluding hydrogens is 488 g/mol. The second kappa shape index (κ2) is 10.8. The summed E-state index contributed by atoms with van der Waals surface area (Å²) < 4.78 is 36.3. The van der Waals surface area contributed by atoms with Gasteiger partial charge in [-0.25, -0.2) is 4.79 Å². The lowest BCUT2D eigenvalue weighted by Crippen LogP contribution is -2.22. The molecule has 11 heteroatoms. The molecule has 0 saturated carbocycles. The predicted molar refractivity (Wildman–Crippen MR) is 131 cm³/mol. The van der Waals surface area contributed by atoms with Gasteiger partial charge in [0.1, 0.15) is 5.75 Å². The Labute approximate surface area is 211 Å². The van der Waals surface area contributed by atoms with Crippen LogP contribution in [0, 0.1) is 24.0 Å². The van der Waals surface area contributed by atoms with Crippen molar-refractivity contribution in [2.24, 2.45) is 0 Å². The van der Waals surface area contributed by atoms with Gasteiger partial charge in [0.15, 0.2) is 6.61 Å². The maximum Gasteiger partial charge on any atom is 0.387 e. The number of halogens is 2. The summed E-state index contributed by atoms with van der Waals surface area (Å²) in [4.78, 5) is 38.5. The number of ketones is 1. The second-order valence-corrected chi connectivity index (χ2v) is 8.64. The Balaban J connectivity index is 1.51. The van der Waals surface area contributed by atoms with Crippen LogP contribution in [0.25, 0.3) is 5.69 Å². The summed E-state index contributed by atoms with van der Waals surface area (Å²) in [5.41, 5.74) is 2.60. The lowest BCUT2D eigenvalue weighted by atomic mass is 10.1. The molecule has 1 aromatic heterocycles. The van der Waals surface area contributed by atoms with Crippen LogP contribution in [-0.2, 0) is 4.74 Å². The van der Waals surface area contributed by atoms with Gasteiger partial charge in [-0.1, -0.05) is 0 Å². The van der Waals surface area contributed by atoms with E-state index in [-0.39, 0.29) is 17.0 Å². The van der Waals surface area contributed by atoms with Crippen molar-refractivity contribution in [2.45, 2.75) is 33.3 Å². The molecule has 9 nitrogen and oxygen atoms in total. The van der Waals surface area contributed by atoms with Gasteiger partial charge in [-0.15, -0.1) is 0 Å². The number of nitro groups is 1. The minimum absolute atomic E-state index is 0.0128. The van der Waals surface area contributed by atoms with Crippen LogP contribution in [0.2, 0.25) is 0 Å². The lowest BCUT2D eigenvalue weighted by molar-refractivity contribution is -0.384. The highest BCUT2D eigenvalue weighted by atomic mass is 19.3. The number of esters is 1. The Kier molecular flexibility index (Phi) is 7.51. The van der Waals surface area contributed by atoms with Gasteiger partial charge in [0.2, 0.25) is 5.78 Å². The first kappa shape index (κ1) is 25.8. The maximum atomic E-state index is 13.0. The molecule has 194 valence electrons. The van der Waals surface area contributed by atoms with Gasteiger partial charge in [-0.05, 0) is 63.1 Å². The van der Waals surface area contributed by atoms with E-state index in [1.54, 1.807) is 36.6 Å². The monoisotopic (exact) mass is 513 g/mol. The first-order valence-corrected chi connectivity index (χ1v) is 11.6. The van der Waals surface area contributed by atoms with E-state index in [1.807, 2.05) is 4.90 Å². The Morgan fingerprint density at radius 3 is 2.32 bits per heavy atom. The van der Waals surface area contributed by atoms with Crippen molar-refractivity contribution in [3.8, 4) is 11.4 Å². The summed E-state index contributed by atoms with van der Waals surface area (Å²) >= 11 is 0. The third-order valence-electron chi connectivity index (χ3n) is 6.24. The minimum atomic E-state index is -2.93. The van der Waals surface area contributed by atoms with Gasteiger partial charge in [-0.3, -0.25) is 14.9 Å². The van der Waals surface area contributed by atoms with Gasteiger partial charge < -0.3 is 18.9 Å². The normalized spacial score (nSPS) is 13.2. The molecule has 37 heavy (non-hydrogen) atoms. The van der Waals surface area contributed by atoms with E-state index in [1.165, 1.54) is 30.3 Å². The summed E-state index contributed by atoms with van der Waals surface area (Å²) in [7, 11) is 0. The molecule has 3 aromatic rings. The molecule has 0 aliphatic carbocycles. The van der Waals surface area contributed by atoms with E-state index >= 15 is 0 Å². The number of non-ortho nitro benzene ring substituents is 1. The molecule has 0 amide bonds. The number of Topliss-reactive ketones (excluding diaryl/α,β-unsaturated/α-hetero) is 1. The first-order valence-electron chi connectivity index (χ1n) is 11.6. The zero-order valence-corrected chi connectivity index (χ0v) is 20.3. The summed E-state index contributed by atoms with van der Waals surface area (Å²) in [6.45, 7) is 1.46. The van der Waals surface area contributed by atoms with Crippen molar-refractivity contribution in [2.75, 3.05) is 24.6 Å². The fourth-order valence-corrected chi connectivity index (χ4v) is 4.54. The third-order valence-corrected chi connectivity index (χ3v) is 6.24. The van der Waals surface area contributed by atoms with Crippen LogP contribution in [0.4, 0.5) is 20.2 Å². The number of carbonyl (C=O) groups excluding carboxylic acids is 2. The lowest BCUT2D eigenvalue weighted by Gasteiger charge is -2.20. The number of nitro benzene ring substituents is 1. The number of ether oxygens (including phenoxy) is 2. The largest absolute Gasteiger partial charge is 0.454 e. The minimum Gasteiger partial charge on any atom is -0.454 e. The number of aryl methyl sites for hydroxylation is 1. The van der Waals surface area contributed by atoms with Crippen LogP contribution >= 0.6 is 0 Å². The molecule has 2 aromatic carbocycles. The molecule has 1 saturated heterocycles. The Bertz CT molecular complexity index is 1330. The standard InChI is InChI=1S/C26H25F2N3O6/c1-16-13-21(17(2)30(16)18-5-8-20(9-6-18)37-26(27)28)24(32)15-36-25(33)22-14-19(31(34)35)7-10-23(22)29-11-3-4-12-29/h5-10,13-14,26H,3-4,11-12,15H2,1-2H3. The van der Waals surface area contributed by atoms with E-state index < -0.39 is 29.9 Å². The molecular formula is C26H25F2N3O6. The van der Waals surface area contributed by atoms with Crippen LogP contribution in [-0.4, -0.2) is 47.6 Å². The summed E-state index contributed by atoms with van der Waals surface area (Å²) in [6, 6.07) is 11.7. The van der Waals surface area contributed by atoms with E-state index in [0.29, 0.717) is 28.3 Å². The fourth-order valence-electron chi connectivity index (χ4n) is 4.54. The fraction of sp³-hybridized carbons (Fsp3) is 0.308. The molecule has 2 heterocycles. The molecule has 0 atom stereocenters. The molecule has 4 rings (SSSR count). The predicted octanol–water partition coefficient (Wildman–Crippen LogP) is 5.24. The van der Waals surface area contributed by atoms with Gasteiger partial charge in [-0.2, -0.15) is 8.78 Å². The smallest absolute Gasteiger partial charge is 0.387 e. The van der Waals surface area contributed by atoms with Crippen molar-refractivity contribution in [1.82, 2.24) is 4.57 Å². The topological polar surface area (TPSA) is 104 Å². The van der Waals surface area contributed by atoms with Crippen molar-refractivity contribution in [3.05, 3.63) is 81.2 Å². The average molecular weight is 513 g/mol. The zero-order chi connectivity index (χ0) is 26.7. The quantitative estimate of drug-likeness (QED) is 0.167. The Hall–Kier alpha value is -4.28. The van der Waals surface area contributed by atoms with E-state index in [2.05, 4.69) is 4.74 Å². The number of aromatic nitrogens is 1. The van der Waals surface area contributed by atoms with E-state index in [0.717, 1.165) is 25.9 Å². The highest BCUT2D eigenvalue weighted by molar-refractivity contribution is 6.02. The zero-order valence-electron chi connectivity index (χ0n) is 20.3. The Morgan fingerprint density at radius 2 is 1.70 bits per heavy atom. The second-order valence-electron chi connectivity index (χ2n) is 8.64. The van der Waals surface area contributed by atoms with Gasteiger partial charge >= 0.3 is 12.6 Å². The highest BCUT2D eigenvalue weighted by Crippen LogP contribution is 2.29. The SMILES string of the molecule is Cc1cc(C(=O)COC(=O)c2cc([N+](=O)[O-])ccc2N2CCCC2)c(C)n1-c1ccc(OC(F)F)cc1. The molecule has 0 bridgehead atoms. The number of carbonyl (C=O) groups is 2. The summed E-state index contributed by atoms with van der Waals surface area (Å²) in [5.74, 6) is -1.25. The summed E-state index contributed by atoms with van der Waals surface area (Å²) in [5, 5.41) is 11.3. The molecule has 1 fully saturated rings. The van der Waals surface area contributed by atoms with Crippen molar-refractivity contribution in [1.29, 1.82) is 0 Å². The van der Waals surface area contributed by atoms with Crippen LogP contribution in [0.5, 0.6) is 5.75 Å². The number of hydrogen-bond acceptors (Lipinski definition) is 7.